The third-order valence-electron chi connectivity index (χ3n) is 5.57. The normalized spacial score (nSPS) is 27.4. The van der Waals surface area contributed by atoms with Crippen LogP contribution in [0.2, 0.25) is 0 Å². The Labute approximate surface area is 161 Å². The summed E-state index contributed by atoms with van der Waals surface area (Å²) < 4.78 is 30.0. The van der Waals surface area contributed by atoms with Crippen LogP contribution in [0.5, 0.6) is 0 Å². The highest BCUT2D eigenvalue weighted by molar-refractivity contribution is 7.54. The Morgan fingerprint density at radius 3 is 2.41 bits per heavy atom. The van der Waals surface area contributed by atoms with Gasteiger partial charge in [-0.3, -0.25) is 14.7 Å². The van der Waals surface area contributed by atoms with Crippen molar-refractivity contribution in [2.75, 3.05) is 19.8 Å². The van der Waals surface area contributed by atoms with Crippen molar-refractivity contribution in [3.8, 4) is 0 Å². The average molecular weight is 395 g/mol. The van der Waals surface area contributed by atoms with Crippen molar-refractivity contribution < 1.29 is 23.1 Å². The third kappa shape index (κ3) is 4.29. The van der Waals surface area contributed by atoms with Gasteiger partial charge >= 0.3 is 13.6 Å². The summed E-state index contributed by atoms with van der Waals surface area (Å²) in [6.45, 7) is 7.07. The second-order valence-electron chi connectivity index (χ2n) is 7.24. The Balaban J connectivity index is 1.75. The number of esters is 1. The predicted octanol–water partition coefficient (Wildman–Crippen LogP) is 3.96. The van der Waals surface area contributed by atoms with E-state index in [0.717, 1.165) is 18.4 Å². The highest BCUT2D eigenvalue weighted by Gasteiger charge is 2.76. The number of hydrogen-bond donors (Lipinski definition) is 1. The van der Waals surface area contributed by atoms with E-state index in [9.17, 15) is 9.36 Å². The van der Waals surface area contributed by atoms with Gasteiger partial charge in [0, 0.05) is 6.54 Å². The molecule has 0 amide bonds. The fourth-order valence-corrected chi connectivity index (χ4v) is 6.42. The van der Waals surface area contributed by atoms with Crippen LogP contribution in [0.1, 0.15) is 39.2 Å². The van der Waals surface area contributed by atoms with Crippen molar-refractivity contribution in [3.05, 3.63) is 35.9 Å². The maximum Gasteiger partial charge on any atom is 0.347 e. The van der Waals surface area contributed by atoms with E-state index in [4.69, 9.17) is 13.8 Å². The van der Waals surface area contributed by atoms with Gasteiger partial charge in [0.1, 0.15) is 5.78 Å². The van der Waals surface area contributed by atoms with Crippen molar-refractivity contribution in [2.24, 2.45) is 17.3 Å². The van der Waals surface area contributed by atoms with Gasteiger partial charge < -0.3 is 13.8 Å². The molecule has 2 saturated carbocycles. The average Bonchev–Trinajstić information content (AvgIpc) is 3.55. The van der Waals surface area contributed by atoms with Crippen LogP contribution in [0.4, 0.5) is 0 Å². The minimum atomic E-state index is -3.34. The summed E-state index contributed by atoms with van der Waals surface area (Å²) in [6.07, 6.45) is 1.66. The Hall–Kier alpha value is -1.20. The lowest BCUT2D eigenvalue weighted by Crippen LogP contribution is -2.33. The topological polar surface area (TPSA) is 73.9 Å². The summed E-state index contributed by atoms with van der Waals surface area (Å²) in [4.78, 5) is 12.1. The van der Waals surface area contributed by atoms with E-state index in [1.165, 1.54) is 0 Å². The lowest BCUT2D eigenvalue weighted by molar-refractivity contribution is -0.145. The van der Waals surface area contributed by atoms with Gasteiger partial charge in [-0.2, -0.15) is 0 Å². The second-order valence-corrected chi connectivity index (χ2v) is 9.39. The van der Waals surface area contributed by atoms with Gasteiger partial charge in [0.2, 0.25) is 0 Å². The first kappa shape index (κ1) is 20.5. The Bertz CT molecular complexity index is 687. The molecule has 0 radical (unpaired) electrons. The minimum absolute atomic E-state index is 0.0832. The Morgan fingerprint density at radius 2 is 1.81 bits per heavy atom. The molecule has 1 N–H and O–H groups in total. The molecular weight excluding hydrogens is 365 g/mol. The largest absolute Gasteiger partial charge is 0.466 e. The molecule has 3 unspecified atom stereocenters. The molecule has 7 heteroatoms. The fraction of sp³-hybridized carbons (Fsp3) is 0.650. The van der Waals surface area contributed by atoms with Crippen LogP contribution in [0, 0.1) is 17.3 Å². The van der Waals surface area contributed by atoms with Crippen molar-refractivity contribution in [1.29, 1.82) is 0 Å². The van der Waals surface area contributed by atoms with Crippen molar-refractivity contribution in [3.63, 3.8) is 0 Å². The first-order valence-corrected chi connectivity index (χ1v) is 11.4. The zero-order valence-corrected chi connectivity index (χ0v) is 17.2. The fourth-order valence-electron chi connectivity index (χ4n) is 4.14. The summed E-state index contributed by atoms with van der Waals surface area (Å²) in [5, 5.41) is 3.43. The maximum atomic E-state index is 13.5. The van der Waals surface area contributed by atoms with Crippen molar-refractivity contribution >= 4 is 13.6 Å². The number of carbonyl (C=O) groups excluding carboxylic acids is 1. The summed E-state index contributed by atoms with van der Waals surface area (Å²) >= 11 is 0. The van der Waals surface area contributed by atoms with Crippen LogP contribution >= 0.6 is 7.60 Å². The highest BCUT2D eigenvalue weighted by atomic mass is 31.2. The van der Waals surface area contributed by atoms with Crippen LogP contribution in [-0.2, 0) is 29.7 Å². The van der Waals surface area contributed by atoms with E-state index in [-0.39, 0.29) is 23.2 Å². The second kappa shape index (κ2) is 8.44. The van der Waals surface area contributed by atoms with Gasteiger partial charge in [-0.05, 0) is 50.5 Å². The molecular formula is C20H30NO5P. The van der Waals surface area contributed by atoms with E-state index >= 15 is 0 Å². The smallest absolute Gasteiger partial charge is 0.347 e. The quantitative estimate of drug-likeness (QED) is 0.452. The molecule has 2 fully saturated rings. The summed E-state index contributed by atoms with van der Waals surface area (Å²) in [7, 11) is -3.34. The van der Waals surface area contributed by atoms with E-state index in [1.54, 1.807) is 0 Å². The molecule has 27 heavy (non-hydrogen) atoms. The number of benzene rings is 1. The first-order valence-electron chi connectivity index (χ1n) is 9.83. The molecule has 0 bridgehead atoms. The van der Waals surface area contributed by atoms with Crippen molar-refractivity contribution in [1.82, 2.24) is 5.32 Å². The van der Waals surface area contributed by atoms with Gasteiger partial charge in [-0.1, -0.05) is 30.3 Å². The number of ether oxygens (including phenoxy) is 1. The molecule has 0 aliphatic heterocycles. The predicted molar refractivity (Wildman–Crippen MR) is 103 cm³/mol. The Morgan fingerprint density at radius 1 is 1.15 bits per heavy atom. The molecule has 1 spiro atoms. The molecule has 2 aliphatic carbocycles. The molecule has 0 saturated heterocycles. The number of hydrogen-bond acceptors (Lipinski definition) is 6. The monoisotopic (exact) mass is 395 g/mol. The molecule has 3 rings (SSSR count). The SMILES string of the molecule is CCOC(=O)C1C[C@@]12CC2C(NCc1ccccc1)P(=O)(OCC)OCC. The van der Waals surface area contributed by atoms with Crippen LogP contribution in [0.15, 0.2) is 30.3 Å². The van der Waals surface area contributed by atoms with Gasteiger partial charge in [-0.15, -0.1) is 0 Å². The molecule has 150 valence electrons. The summed E-state index contributed by atoms with van der Waals surface area (Å²) in [6, 6.07) is 9.98. The number of carbonyl (C=O) groups is 1. The van der Waals surface area contributed by atoms with Gasteiger partial charge in [0.25, 0.3) is 0 Å². The lowest BCUT2D eigenvalue weighted by Gasteiger charge is -2.28. The molecule has 2 aliphatic rings. The minimum Gasteiger partial charge on any atom is -0.466 e. The zero-order valence-electron chi connectivity index (χ0n) is 16.3. The van der Waals surface area contributed by atoms with Crippen LogP contribution in [-0.4, -0.2) is 31.6 Å². The van der Waals surface area contributed by atoms with E-state index in [0.29, 0.717) is 26.4 Å². The van der Waals surface area contributed by atoms with E-state index in [2.05, 4.69) is 5.32 Å². The van der Waals surface area contributed by atoms with Gasteiger partial charge in [-0.25, -0.2) is 0 Å². The Kier molecular flexibility index (Phi) is 6.42. The summed E-state index contributed by atoms with van der Waals surface area (Å²) in [5.41, 5.74) is 1.01. The van der Waals surface area contributed by atoms with E-state index in [1.807, 2.05) is 51.1 Å². The molecule has 0 heterocycles. The lowest BCUT2D eigenvalue weighted by atomic mass is 10.2. The number of nitrogens with one attached hydrogen (secondary N) is 1. The zero-order chi connectivity index (χ0) is 19.5. The summed E-state index contributed by atoms with van der Waals surface area (Å²) in [5.74, 6) is -0.541. The van der Waals surface area contributed by atoms with Gasteiger partial charge in [0.15, 0.2) is 0 Å². The molecule has 6 nitrogen and oxygen atoms in total. The molecule has 1 aromatic rings. The number of rotatable bonds is 11. The van der Waals surface area contributed by atoms with E-state index < -0.39 is 13.4 Å². The van der Waals surface area contributed by atoms with Crippen molar-refractivity contribution in [2.45, 2.75) is 45.9 Å². The van der Waals surface area contributed by atoms with Crippen LogP contribution < -0.4 is 5.32 Å². The third-order valence-corrected chi connectivity index (χ3v) is 8.03. The molecule has 1 aromatic carbocycles. The standard InChI is InChI=1S/C20H30NO5P/c1-4-24-19(22)17-13-20(17)12-16(20)18(27(23,25-5-2)26-6-3)21-14-15-10-8-7-9-11-15/h7-11,16-18,21H,4-6,12-14H2,1-3H3/t16?,17?,18?,20-/m1/s1. The highest BCUT2D eigenvalue weighted by Crippen LogP contribution is 2.79. The van der Waals surface area contributed by atoms with Crippen LogP contribution in [0.3, 0.4) is 0 Å². The molecule has 4 atom stereocenters. The van der Waals surface area contributed by atoms with Crippen LogP contribution in [0.25, 0.3) is 0 Å². The first-order chi connectivity index (χ1) is 13.0. The molecule has 0 aromatic heterocycles. The van der Waals surface area contributed by atoms with Gasteiger partial charge in [0.05, 0.1) is 25.7 Å². The maximum absolute atomic E-state index is 13.5.